The van der Waals surface area contributed by atoms with Crippen LogP contribution < -0.4 is 5.32 Å². The van der Waals surface area contributed by atoms with Gasteiger partial charge in [-0.05, 0) is 50.5 Å². The summed E-state index contributed by atoms with van der Waals surface area (Å²) in [6.07, 6.45) is 3.89. The Labute approximate surface area is 102 Å². The van der Waals surface area contributed by atoms with Gasteiger partial charge >= 0.3 is 5.97 Å². The van der Waals surface area contributed by atoms with Crippen molar-refractivity contribution in [3.8, 4) is 0 Å². The van der Waals surface area contributed by atoms with Crippen LogP contribution in [0.5, 0.6) is 0 Å². The second kappa shape index (κ2) is 6.09. The Hall–Kier alpha value is -1.77. The Kier molecular flexibility index (Phi) is 4.76. The van der Waals surface area contributed by atoms with Gasteiger partial charge in [0.25, 0.3) is 0 Å². The van der Waals surface area contributed by atoms with Crippen LogP contribution in [0, 0.1) is 6.92 Å². The van der Waals surface area contributed by atoms with E-state index in [4.69, 9.17) is 5.11 Å². The van der Waals surface area contributed by atoms with E-state index in [1.807, 2.05) is 19.1 Å². The van der Waals surface area contributed by atoms with Crippen molar-refractivity contribution in [1.29, 1.82) is 0 Å². The molecule has 3 nitrogen and oxygen atoms in total. The second-order valence-electron chi connectivity index (χ2n) is 4.25. The maximum absolute atomic E-state index is 10.8. The van der Waals surface area contributed by atoms with Gasteiger partial charge in [-0.1, -0.05) is 6.08 Å². The molecule has 92 valence electrons. The molecular formula is C14H19NO2. The second-order valence-corrected chi connectivity index (χ2v) is 4.25. The van der Waals surface area contributed by atoms with Crippen LogP contribution in [0.4, 0.5) is 5.69 Å². The fourth-order valence-electron chi connectivity index (χ4n) is 1.66. The van der Waals surface area contributed by atoms with Gasteiger partial charge < -0.3 is 10.4 Å². The van der Waals surface area contributed by atoms with Gasteiger partial charge in [-0.25, -0.2) is 4.79 Å². The van der Waals surface area contributed by atoms with Gasteiger partial charge in [-0.3, -0.25) is 0 Å². The maximum atomic E-state index is 10.8. The van der Waals surface area contributed by atoms with Crippen molar-refractivity contribution in [3.63, 3.8) is 0 Å². The Bertz CT molecular complexity index is 413. The van der Waals surface area contributed by atoms with Crippen LogP contribution in [0.1, 0.15) is 35.7 Å². The van der Waals surface area contributed by atoms with E-state index in [1.165, 1.54) is 0 Å². The lowest BCUT2D eigenvalue weighted by atomic mass is 10.1. The molecule has 1 unspecified atom stereocenters. The molecule has 0 heterocycles. The van der Waals surface area contributed by atoms with Gasteiger partial charge in [0.05, 0.1) is 5.56 Å². The minimum Gasteiger partial charge on any atom is -0.478 e. The van der Waals surface area contributed by atoms with E-state index in [1.54, 1.807) is 12.1 Å². The first-order valence-electron chi connectivity index (χ1n) is 5.76. The molecule has 0 aliphatic rings. The zero-order valence-electron chi connectivity index (χ0n) is 10.4. The van der Waals surface area contributed by atoms with Crippen molar-refractivity contribution >= 4 is 11.7 Å². The molecule has 0 aliphatic heterocycles. The molecule has 0 spiro atoms. The smallest absolute Gasteiger partial charge is 0.335 e. The minimum atomic E-state index is -0.889. The average molecular weight is 233 g/mol. The molecule has 0 saturated carbocycles. The Morgan fingerprint density at radius 2 is 2.29 bits per heavy atom. The van der Waals surface area contributed by atoms with Crippen LogP contribution in [0.25, 0.3) is 0 Å². The topological polar surface area (TPSA) is 49.3 Å². The number of nitrogens with one attached hydrogen (secondary N) is 1. The summed E-state index contributed by atoms with van der Waals surface area (Å²) in [6.45, 7) is 7.71. The van der Waals surface area contributed by atoms with Gasteiger partial charge in [0.15, 0.2) is 0 Å². The molecule has 0 bridgehead atoms. The summed E-state index contributed by atoms with van der Waals surface area (Å²) in [5, 5.41) is 12.2. The summed E-state index contributed by atoms with van der Waals surface area (Å²) >= 11 is 0. The van der Waals surface area contributed by atoms with E-state index in [2.05, 4.69) is 18.8 Å². The first-order valence-corrected chi connectivity index (χ1v) is 5.76. The predicted molar refractivity (Wildman–Crippen MR) is 70.7 cm³/mol. The van der Waals surface area contributed by atoms with Crippen LogP contribution in [0.2, 0.25) is 0 Å². The van der Waals surface area contributed by atoms with E-state index in [0.29, 0.717) is 11.6 Å². The van der Waals surface area contributed by atoms with Crippen molar-refractivity contribution in [2.45, 2.75) is 32.7 Å². The molecule has 0 saturated heterocycles. The molecule has 0 aromatic heterocycles. The number of benzene rings is 1. The number of rotatable bonds is 6. The zero-order valence-corrected chi connectivity index (χ0v) is 10.4. The molecule has 3 heteroatoms. The monoisotopic (exact) mass is 233 g/mol. The number of carbonyl (C=O) groups is 1. The Morgan fingerprint density at radius 3 is 2.82 bits per heavy atom. The normalized spacial score (nSPS) is 11.9. The number of aryl methyl sites for hydroxylation is 1. The van der Waals surface area contributed by atoms with Crippen LogP contribution in [0.3, 0.4) is 0 Å². The molecule has 2 N–H and O–H groups in total. The van der Waals surface area contributed by atoms with E-state index in [-0.39, 0.29) is 0 Å². The van der Waals surface area contributed by atoms with E-state index in [9.17, 15) is 4.79 Å². The van der Waals surface area contributed by atoms with Crippen LogP contribution >= 0.6 is 0 Å². The highest BCUT2D eigenvalue weighted by Gasteiger charge is 2.07. The van der Waals surface area contributed by atoms with Crippen molar-refractivity contribution in [2.24, 2.45) is 0 Å². The quantitative estimate of drug-likeness (QED) is 0.740. The molecule has 0 fully saturated rings. The number of carboxylic acids is 1. The van der Waals surface area contributed by atoms with Crippen molar-refractivity contribution in [2.75, 3.05) is 5.32 Å². The standard InChI is InChI=1S/C14H19NO2/c1-4-5-6-11(3)15-13-8-7-12(14(16)17)9-10(13)2/h4,7-9,11,15H,1,5-6H2,2-3H3,(H,16,17). The third kappa shape index (κ3) is 3.94. The van der Waals surface area contributed by atoms with Gasteiger partial charge in [0.2, 0.25) is 0 Å². The van der Waals surface area contributed by atoms with Crippen molar-refractivity contribution in [3.05, 3.63) is 42.0 Å². The van der Waals surface area contributed by atoms with Gasteiger partial charge in [-0.15, -0.1) is 6.58 Å². The van der Waals surface area contributed by atoms with E-state index >= 15 is 0 Å². The highest BCUT2D eigenvalue weighted by Crippen LogP contribution is 2.18. The molecule has 0 radical (unpaired) electrons. The summed E-state index contributed by atoms with van der Waals surface area (Å²) in [4.78, 5) is 10.8. The summed E-state index contributed by atoms with van der Waals surface area (Å²) in [5.74, 6) is -0.889. The third-order valence-electron chi connectivity index (χ3n) is 2.68. The van der Waals surface area contributed by atoms with Crippen LogP contribution in [-0.2, 0) is 0 Å². The molecule has 0 aliphatic carbocycles. The number of allylic oxidation sites excluding steroid dienone is 1. The first kappa shape index (κ1) is 13.3. The average Bonchev–Trinajstić information content (AvgIpc) is 2.28. The fraction of sp³-hybridized carbons (Fsp3) is 0.357. The highest BCUT2D eigenvalue weighted by molar-refractivity contribution is 5.88. The Morgan fingerprint density at radius 1 is 1.59 bits per heavy atom. The number of aromatic carboxylic acids is 1. The lowest BCUT2D eigenvalue weighted by molar-refractivity contribution is 0.0697. The summed E-state index contributed by atoms with van der Waals surface area (Å²) < 4.78 is 0. The lowest BCUT2D eigenvalue weighted by Gasteiger charge is -2.16. The first-order chi connectivity index (χ1) is 8.04. The molecular weight excluding hydrogens is 214 g/mol. The minimum absolute atomic E-state index is 0.326. The SMILES string of the molecule is C=CCCC(C)Nc1ccc(C(=O)O)cc1C. The van der Waals surface area contributed by atoms with Gasteiger partial charge in [0, 0.05) is 11.7 Å². The molecule has 1 rings (SSSR count). The van der Waals surface area contributed by atoms with Crippen molar-refractivity contribution < 1.29 is 9.90 Å². The van der Waals surface area contributed by atoms with Gasteiger partial charge in [-0.2, -0.15) is 0 Å². The van der Waals surface area contributed by atoms with Crippen LogP contribution in [-0.4, -0.2) is 17.1 Å². The molecule has 1 atom stereocenters. The number of hydrogen-bond acceptors (Lipinski definition) is 2. The molecule has 0 amide bonds. The number of carboxylic acid groups (broad SMARTS) is 1. The van der Waals surface area contributed by atoms with Crippen LogP contribution in [0.15, 0.2) is 30.9 Å². The number of hydrogen-bond donors (Lipinski definition) is 2. The van der Waals surface area contributed by atoms with Crippen molar-refractivity contribution in [1.82, 2.24) is 0 Å². The van der Waals surface area contributed by atoms with E-state index < -0.39 is 5.97 Å². The lowest BCUT2D eigenvalue weighted by Crippen LogP contribution is -2.15. The van der Waals surface area contributed by atoms with E-state index in [0.717, 1.165) is 24.1 Å². The summed E-state index contributed by atoms with van der Waals surface area (Å²) in [7, 11) is 0. The zero-order chi connectivity index (χ0) is 12.8. The van der Waals surface area contributed by atoms with Gasteiger partial charge in [0.1, 0.15) is 0 Å². The predicted octanol–water partition coefficient (Wildman–Crippen LogP) is 3.46. The maximum Gasteiger partial charge on any atom is 0.335 e. The molecule has 17 heavy (non-hydrogen) atoms. The highest BCUT2D eigenvalue weighted by atomic mass is 16.4. The fourth-order valence-corrected chi connectivity index (χ4v) is 1.66. The largest absolute Gasteiger partial charge is 0.478 e. The Balaban J connectivity index is 2.72. The third-order valence-corrected chi connectivity index (χ3v) is 2.68. The molecule has 1 aromatic rings. The number of anilines is 1. The summed E-state index contributed by atoms with van der Waals surface area (Å²) in [6, 6.07) is 5.48. The molecule has 1 aromatic carbocycles. The summed E-state index contributed by atoms with van der Waals surface area (Å²) in [5.41, 5.74) is 2.27.